The summed E-state index contributed by atoms with van der Waals surface area (Å²) in [6.07, 6.45) is 1.75. The van der Waals surface area contributed by atoms with Crippen LogP contribution in [0.1, 0.15) is 12.0 Å². The van der Waals surface area contributed by atoms with Gasteiger partial charge in [0.2, 0.25) is 0 Å². The van der Waals surface area contributed by atoms with E-state index >= 15 is 0 Å². The Balaban J connectivity index is 0.00000161. The molecular formula is C16H23NO3S. The molecule has 0 aliphatic carbocycles. The third kappa shape index (κ3) is 4.25. The molecular weight excluding hydrogens is 286 g/mol. The topological polar surface area (TPSA) is 64.2 Å². The van der Waals surface area contributed by atoms with Crippen LogP contribution in [-0.4, -0.2) is 54.4 Å². The highest BCUT2D eigenvalue weighted by Crippen LogP contribution is 2.25. The molecule has 3 N–H and O–H groups in total. The number of β-amino-alcohol motifs (C(OH)–C–C–N with tert-alkyl or cyclic N) is 1. The number of ether oxygens (including phenoxy) is 1. The lowest BCUT2D eigenvalue weighted by atomic mass is 10.1. The van der Waals surface area contributed by atoms with Gasteiger partial charge in [0.1, 0.15) is 0 Å². The van der Waals surface area contributed by atoms with Crippen molar-refractivity contribution in [3.05, 3.63) is 35.2 Å². The Labute approximate surface area is 129 Å². The maximum Gasteiger partial charge on any atom is 0.0679 e. The summed E-state index contributed by atoms with van der Waals surface area (Å²) in [6.45, 7) is 4.27. The van der Waals surface area contributed by atoms with Gasteiger partial charge in [0.25, 0.3) is 0 Å². The van der Waals surface area contributed by atoms with E-state index in [1.807, 2.05) is 0 Å². The fraction of sp³-hybridized carbons (Fsp3) is 0.500. The molecule has 3 rings (SSSR count). The van der Waals surface area contributed by atoms with Gasteiger partial charge < -0.3 is 15.3 Å². The van der Waals surface area contributed by atoms with E-state index in [-0.39, 0.29) is 11.6 Å². The number of hydrogen-bond donors (Lipinski definition) is 1. The Kier molecular flexibility index (Phi) is 6.14. The Morgan fingerprint density at radius 2 is 2.14 bits per heavy atom. The zero-order valence-corrected chi connectivity index (χ0v) is 12.9. The molecule has 1 aromatic carbocycles. The molecule has 2 heterocycles. The van der Waals surface area contributed by atoms with Crippen LogP contribution in [0.15, 0.2) is 29.6 Å². The molecule has 0 bridgehead atoms. The minimum atomic E-state index is -0.132. The summed E-state index contributed by atoms with van der Waals surface area (Å²) in [4.78, 5) is 2.27. The smallest absolute Gasteiger partial charge is 0.0679 e. The summed E-state index contributed by atoms with van der Waals surface area (Å²) in [5.74, 6) is 0. The van der Waals surface area contributed by atoms with Crippen LogP contribution in [0.2, 0.25) is 0 Å². The van der Waals surface area contributed by atoms with Crippen LogP contribution in [0.4, 0.5) is 0 Å². The van der Waals surface area contributed by atoms with Gasteiger partial charge >= 0.3 is 0 Å². The quantitative estimate of drug-likeness (QED) is 0.826. The van der Waals surface area contributed by atoms with Crippen molar-refractivity contribution >= 4 is 21.4 Å². The van der Waals surface area contributed by atoms with E-state index in [1.54, 1.807) is 11.3 Å². The van der Waals surface area contributed by atoms with Crippen LogP contribution in [0.3, 0.4) is 0 Å². The second kappa shape index (κ2) is 7.87. The number of aliphatic hydroxyl groups is 1. The van der Waals surface area contributed by atoms with Crippen molar-refractivity contribution in [1.82, 2.24) is 4.90 Å². The maximum absolute atomic E-state index is 9.45. The van der Waals surface area contributed by atoms with Crippen LogP contribution in [0.25, 0.3) is 10.1 Å². The highest BCUT2D eigenvalue weighted by Gasteiger charge is 2.19. The predicted octanol–water partition coefficient (Wildman–Crippen LogP) is 1.70. The van der Waals surface area contributed by atoms with Crippen LogP contribution in [0, 0.1) is 0 Å². The zero-order chi connectivity index (χ0) is 13.8. The number of aliphatic hydroxyl groups excluding tert-OH is 1. The van der Waals surface area contributed by atoms with E-state index in [0.29, 0.717) is 0 Å². The normalized spacial score (nSPS) is 19.0. The fourth-order valence-electron chi connectivity index (χ4n) is 2.72. The minimum Gasteiger partial charge on any atom is -0.412 e. The molecule has 0 radical (unpaired) electrons. The predicted molar refractivity (Wildman–Crippen MR) is 87.0 cm³/mol. The first-order valence-electron chi connectivity index (χ1n) is 7.26. The van der Waals surface area contributed by atoms with E-state index in [9.17, 15) is 5.11 Å². The van der Waals surface area contributed by atoms with Crippen molar-refractivity contribution < 1.29 is 15.3 Å². The Morgan fingerprint density at radius 3 is 2.95 bits per heavy atom. The fourth-order valence-corrected chi connectivity index (χ4v) is 3.72. The summed E-state index contributed by atoms with van der Waals surface area (Å²) < 4.78 is 7.09. The van der Waals surface area contributed by atoms with Gasteiger partial charge in [0.05, 0.1) is 19.3 Å². The molecule has 4 nitrogen and oxygen atoms in total. The first-order valence-corrected chi connectivity index (χ1v) is 8.14. The number of fused-ring (bicyclic) bond motifs is 1. The van der Waals surface area contributed by atoms with Crippen molar-refractivity contribution in [1.29, 1.82) is 0 Å². The van der Waals surface area contributed by atoms with Gasteiger partial charge in [-0.25, -0.2) is 0 Å². The van der Waals surface area contributed by atoms with Crippen molar-refractivity contribution in [2.45, 2.75) is 18.9 Å². The first kappa shape index (κ1) is 16.4. The molecule has 0 saturated carbocycles. The molecule has 0 spiro atoms. The molecule has 1 aliphatic rings. The summed E-state index contributed by atoms with van der Waals surface area (Å²) in [7, 11) is 0. The Morgan fingerprint density at radius 1 is 1.29 bits per heavy atom. The number of hydrogen-bond acceptors (Lipinski definition) is 4. The largest absolute Gasteiger partial charge is 0.412 e. The molecule has 0 amide bonds. The summed E-state index contributed by atoms with van der Waals surface area (Å²) >= 11 is 1.81. The lowest BCUT2D eigenvalue weighted by Gasteiger charge is -2.14. The number of benzene rings is 1. The first-order chi connectivity index (χ1) is 9.83. The minimum absolute atomic E-state index is 0. The summed E-state index contributed by atoms with van der Waals surface area (Å²) in [5.41, 5.74) is 1.39. The third-order valence-electron chi connectivity index (χ3n) is 3.88. The van der Waals surface area contributed by atoms with E-state index in [2.05, 4.69) is 34.5 Å². The van der Waals surface area contributed by atoms with Gasteiger partial charge in [-0.1, -0.05) is 18.2 Å². The van der Waals surface area contributed by atoms with E-state index < -0.39 is 0 Å². The summed E-state index contributed by atoms with van der Waals surface area (Å²) in [6, 6.07) is 8.54. The van der Waals surface area contributed by atoms with E-state index in [0.717, 1.165) is 45.7 Å². The van der Waals surface area contributed by atoms with Gasteiger partial charge in [-0.05, 0) is 35.2 Å². The molecule has 116 valence electrons. The number of rotatable bonds is 6. The van der Waals surface area contributed by atoms with Crippen LogP contribution < -0.4 is 0 Å². The van der Waals surface area contributed by atoms with E-state index in [4.69, 9.17) is 4.74 Å². The average Bonchev–Trinajstić information content (AvgIpc) is 3.05. The van der Waals surface area contributed by atoms with E-state index in [1.165, 1.54) is 15.6 Å². The molecule has 1 saturated heterocycles. The van der Waals surface area contributed by atoms with Gasteiger partial charge in [0, 0.05) is 24.3 Å². The second-order valence-electron chi connectivity index (χ2n) is 5.36. The number of nitrogens with zero attached hydrogens (tertiary/aromatic N) is 1. The molecule has 21 heavy (non-hydrogen) atoms. The molecule has 5 heteroatoms. The SMILES string of the molecule is O.OC1CCN(CCOCCc2csc3ccccc23)C1. The van der Waals surface area contributed by atoms with Crippen LogP contribution in [0.5, 0.6) is 0 Å². The lowest BCUT2D eigenvalue weighted by molar-refractivity contribution is 0.107. The van der Waals surface area contributed by atoms with Gasteiger partial charge in [-0.15, -0.1) is 11.3 Å². The van der Waals surface area contributed by atoms with Gasteiger partial charge in [-0.3, -0.25) is 4.90 Å². The van der Waals surface area contributed by atoms with Crippen LogP contribution in [-0.2, 0) is 11.2 Å². The van der Waals surface area contributed by atoms with Crippen molar-refractivity contribution in [2.75, 3.05) is 32.8 Å². The maximum atomic E-state index is 9.45. The number of thiophene rings is 1. The zero-order valence-electron chi connectivity index (χ0n) is 12.1. The summed E-state index contributed by atoms with van der Waals surface area (Å²) in [5, 5.41) is 13.1. The molecule has 1 unspecified atom stereocenters. The third-order valence-corrected chi connectivity index (χ3v) is 4.89. The molecule has 1 fully saturated rings. The van der Waals surface area contributed by atoms with Crippen molar-refractivity contribution in [2.24, 2.45) is 0 Å². The highest BCUT2D eigenvalue weighted by atomic mass is 32.1. The van der Waals surface area contributed by atoms with Crippen molar-refractivity contribution in [3.63, 3.8) is 0 Å². The average molecular weight is 309 g/mol. The van der Waals surface area contributed by atoms with Gasteiger partial charge in [-0.2, -0.15) is 0 Å². The second-order valence-corrected chi connectivity index (χ2v) is 6.27. The van der Waals surface area contributed by atoms with Crippen molar-refractivity contribution in [3.8, 4) is 0 Å². The molecule has 2 aromatic rings. The molecule has 1 aliphatic heterocycles. The lowest BCUT2D eigenvalue weighted by Crippen LogP contribution is -2.26. The highest BCUT2D eigenvalue weighted by molar-refractivity contribution is 7.17. The van der Waals surface area contributed by atoms with Crippen LogP contribution >= 0.6 is 11.3 Å². The number of likely N-dealkylation sites (tertiary alicyclic amines) is 1. The monoisotopic (exact) mass is 309 g/mol. The Hall–Kier alpha value is -0.980. The Bertz CT molecular complexity index is 557. The molecule has 1 aromatic heterocycles. The standard InChI is InChI=1S/C16H21NO2S.H2O/c18-14-5-7-17(11-14)8-10-19-9-6-13-12-20-16-4-2-1-3-15(13)16;/h1-4,12,14,18H,5-11H2;1H2. The van der Waals surface area contributed by atoms with Gasteiger partial charge in [0.15, 0.2) is 0 Å². The molecule has 1 atom stereocenters.